The zero-order chi connectivity index (χ0) is 15.4. The Bertz CT molecular complexity index is 716. The van der Waals surface area contributed by atoms with Crippen molar-refractivity contribution in [2.45, 2.75) is 12.3 Å². The van der Waals surface area contributed by atoms with Gasteiger partial charge in [-0.15, -0.1) is 0 Å². The molecule has 0 heterocycles. The molecule has 0 aliphatic carbocycles. The van der Waals surface area contributed by atoms with E-state index in [2.05, 4.69) is 12.1 Å². The van der Waals surface area contributed by atoms with E-state index >= 15 is 0 Å². The molecule has 110 valence electrons. The van der Waals surface area contributed by atoms with E-state index in [9.17, 15) is 10.2 Å². The van der Waals surface area contributed by atoms with Crippen LogP contribution in [0.15, 0.2) is 78.9 Å². The molecule has 2 heteroatoms. The van der Waals surface area contributed by atoms with Crippen molar-refractivity contribution in [3.63, 3.8) is 0 Å². The Balaban J connectivity index is 1.96. The lowest BCUT2D eigenvalue weighted by molar-refractivity contribution is 0.474. The van der Waals surface area contributed by atoms with E-state index in [-0.39, 0.29) is 17.4 Å². The molecule has 3 aromatic carbocycles. The lowest BCUT2D eigenvalue weighted by atomic mass is 9.86. The SMILES string of the molecule is Oc1ccc(CC(c2ccccc2)c2ccc(O)cc2)cc1. The van der Waals surface area contributed by atoms with Crippen LogP contribution >= 0.6 is 0 Å². The smallest absolute Gasteiger partial charge is 0.115 e. The molecule has 0 saturated carbocycles. The Labute approximate surface area is 130 Å². The molecular weight excluding hydrogens is 272 g/mol. The van der Waals surface area contributed by atoms with Crippen molar-refractivity contribution in [3.8, 4) is 11.5 Å². The van der Waals surface area contributed by atoms with Crippen LogP contribution < -0.4 is 0 Å². The minimum atomic E-state index is 0.214. The fraction of sp³-hybridized carbons (Fsp3) is 0.100. The van der Waals surface area contributed by atoms with Crippen LogP contribution in [-0.2, 0) is 6.42 Å². The van der Waals surface area contributed by atoms with E-state index in [1.807, 2.05) is 42.5 Å². The lowest BCUT2D eigenvalue weighted by Crippen LogP contribution is -2.05. The molecule has 0 spiro atoms. The molecule has 2 nitrogen and oxygen atoms in total. The van der Waals surface area contributed by atoms with E-state index in [0.717, 1.165) is 12.0 Å². The molecule has 3 aromatic rings. The van der Waals surface area contributed by atoms with Crippen molar-refractivity contribution >= 4 is 0 Å². The summed E-state index contributed by atoms with van der Waals surface area (Å²) in [5.41, 5.74) is 3.57. The molecule has 0 saturated heterocycles. The predicted molar refractivity (Wildman–Crippen MR) is 88.2 cm³/mol. The summed E-state index contributed by atoms with van der Waals surface area (Å²) in [5, 5.41) is 18.9. The molecule has 0 aliphatic heterocycles. The number of hydrogen-bond donors (Lipinski definition) is 2. The predicted octanol–water partition coefficient (Wildman–Crippen LogP) is 4.47. The first-order valence-corrected chi connectivity index (χ1v) is 7.34. The van der Waals surface area contributed by atoms with Gasteiger partial charge in [0, 0.05) is 5.92 Å². The van der Waals surface area contributed by atoms with E-state index < -0.39 is 0 Å². The maximum atomic E-state index is 9.50. The maximum Gasteiger partial charge on any atom is 0.115 e. The Morgan fingerprint density at radius 2 is 1.09 bits per heavy atom. The highest BCUT2D eigenvalue weighted by molar-refractivity contribution is 5.38. The summed E-state index contributed by atoms with van der Waals surface area (Å²) in [7, 11) is 0. The van der Waals surface area contributed by atoms with Gasteiger partial charge in [0.1, 0.15) is 11.5 Å². The van der Waals surface area contributed by atoms with Gasteiger partial charge in [-0.1, -0.05) is 54.6 Å². The molecular formula is C20H18O2. The van der Waals surface area contributed by atoms with E-state index in [0.29, 0.717) is 0 Å². The summed E-state index contributed by atoms with van der Waals surface area (Å²) in [5.74, 6) is 0.774. The third-order valence-corrected chi connectivity index (χ3v) is 3.87. The average molecular weight is 290 g/mol. The van der Waals surface area contributed by atoms with Crippen LogP contribution in [0.4, 0.5) is 0 Å². The molecule has 0 radical (unpaired) electrons. The van der Waals surface area contributed by atoms with Gasteiger partial charge in [-0.05, 0) is 47.4 Å². The first kappa shape index (κ1) is 14.2. The second-order valence-corrected chi connectivity index (χ2v) is 5.43. The molecule has 2 N–H and O–H groups in total. The number of phenolic OH excluding ortho intramolecular Hbond substituents is 2. The minimum absolute atomic E-state index is 0.214. The number of aromatic hydroxyl groups is 2. The van der Waals surface area contributed by atoms with Gasteiger partial charge in [0.25, 0.3) is 0 Å². The molecule has 0 fully saturated rings. The maximum absolute atomic E-state index is 9.50. The molecule has 0 bridgehead atoms. The summed E-state index contributed by atoms with van der Waals surface area (Å²) < 4.78 is 0. The summed E-state index contributed by atoms with van der Waals surface area (Å²) in [4.78, 5) is 0. The topological polar surface area (TPSA) is 40.5 Å². The fourth-order valence-electron chi connectivity index (χ4n) is 2.69. The quantitative estimate of drug-likeness (QED) is 0.744. The van der Waals surface area contributed by atoms with Crippen LogP contribution in [0.5, 0.6) is 11.5 Å². The minimum Gasteiger partial charge on any atom is -0.508 e. The molecule has 1 unspecified atom stereocenters. The monoisotopic (exact) mass is 290 g/mol. The normalized spacial score (nSPS) is 12.0. The van der Waals surface area contributed by atoms with Gasteiger partial charge in [0.05, 0.1) is 0 Å². The number of phenols is 2. The Kier molecular flexibility index (Phi) is 4.10. The third kappa shape index (κ3) is 3.29. The van der Waals surface area contributed by atoms with Gasteiger partial charge in [0.2, 0.25) is 0 Å². The van der Waals surface area contributed by atoms with Gasteiger partial charge in [-0.2, -0.15) is 0 Å². The first-order valence-electron chi connectivity index (χ1n) is 7.34. The van der Waals surface area contributed by atoms with Gasteiger partial charge in [0.15, 0.2) is 0 Å². The van der Waals surface area contributed by atoms with E-state index in [1.165, 1.54) is 11.1 Å². The number of benzene rings is 3. The summed E-state index contributed by atoms with van der Waals surface area (Å²) >= 11 is 0. The fourth-order valence-corrected chi connectivity index (χ4v) is 2.69. The van der Waals surface area contributed by atoms with Crippen LogP contribution in [0, 0.1) is 0 Å². The third-order valence-electron chi connectivity index (χ3n) is 3.87. The van der Waals surface area contributed by atoms with E-state index in [4.69, 9.17) is 0 Å². The summed E-state index contributed by atoms with van der Waals surface area (Å²) in [6.07, 6.45) is 0.842. The Morgan fingerprint density at radius 1 is 0.591 bits per heavy atom. The van der Waals surface area contributed by atoms with Crippen LogP contribution in [0.25, 0.3) is 0 Å². The highest BCUT2D eigenvalue weighted by Gasteiger charge is 2.15. The Morgan fingerprint density at radius 3 is 1.68 bits per heavy atom. The van der Waals surface area contributed by atoms with Crippen molar-refractivity contribution in [1.29, 1.82) is 0 Å². The molecule has 0 amide bonds. The average Bonchev–Trinajstić information content (AvgIpc) is 2.56. The van der Waals surface area contributed by atoms with Crippen LogP contribution in [0.1, 0.15) is 22.6 Å². The number of hydrogen-bond acceptors (Lipinski definition) is 2. The van der Waals surface area contributed by atoms with Crippen molar-refractivity contribution in [2.24, 2.45) is 0 Å². The van der Waals surface area contributed by atoms with Gasteiger partial charge < -0.3 is 10.2 Å². The summed E-state index contributed by atoms with van der Waals surface area (Å²) in [6.45, 7) is 0. The zero-order valence-electron chi connectivity index (χ0n) is 12.2. The van der Waals surface area contributed by atoms with Gasteiger partial charge in [-0.3, -0.25) is 0 Å². The lowest BCUT2D eigenvalue weighted by Gasteiger charge is -2.18. The van der Waals surface area contributed by atoms with Gasteiger partial charge >= 0.3 is 0 Å². The Hall–Kier alpha value is -2.74. The standard InChI is InChI=1S/C20H18O2/c21-18-10-6-15(7-11-18)14-20(16-4-2-1-3-5-16)17-8-12-19(22)13-9-17/h1-13,20-22H,14H2. The second kappa shape index (κ2) is 6.35. The molecule has 0 aliphatic rings. The highest BCUT2D eigenvalue weighted by Crippen LogP contribution is 2.30. The van der Waals surface area contributed by atoms with Crippen molar-refractivity contribution in [1.82, 2.24) is 0 Å². The van der Waals surface area contributed by atoms with Gasteiger partial charge in [-0.25, -0.2) is 0 Å². The van der Waals surface area contributed by atoms with Crippen molar-refractivity contribution in [2.75, 3.05) is 0 Å². The molecule has 1 atom stereocenters. The molecule has 0 aromatic heterocycles. The summed E-state index contributed by atoms with van der Waals surface area (Å²) in [6, 6.07) is 25.1. The van der Waals surface area contributed by atoms with Crippen LogP contribution in [0.3, 0.4) is 0 Å². The highest BCUT2D eigenvalue weighted by atomic mass is 16.3. The first-order chi connectivity index (χ1) is 10.7. The van der Waals surface area contributed by atoms with E-state index in [1.54, 1.807) is 24.3 Å². The van der Waals surface area contributed by atoms with Crippen molar-refractivity contribution in [3.05, 3.63) is 95.6 Å². The second-order valence-electron chi connectivity index (χ2n) is 5.43. The van der Waals surface area contributed by atoms with Crippen LogP contribution in [-0.4, -0.2) is 10.2 Å². The number of rotatable bonds is 4. The zero-order valence-corrected chi connectivity index (χ0v) is 12.2. The van der Waals surface area contributed by atoms with Crippen LogP contribution in [0.2, 0.25) is 0 Å². The molecule has 22 heavy (non-hydrogen) atoms. The van der Waals surface area contributed by atoms with Crippen molar-refractivity contribution < 1.29 is 10.2 Å². The largest absolute Gasteiger partial charge is 0.508 e. The molecule has 3 rings (SSSR count).